The fourth-order valence-electron chi connectivity index (χ4n) is 1.55. The van der Waals surface area contributed by atoms with Crippen LogP contribution in [0.3, 0.4) is 0 Å². The molecule has 2 rings (SSSR count). The van der Waals surface area contributed by atoms with Crippen LogP contribution >= 0.6 is 11.6 Å². The Kier molecular flexibility index (Phi) is 3.54. The highest BCUT2D eigenvalue weighted by atomic mass is 35.5. The molecule has 0 bridgehead atoms. The van der Waals surface area contributed by atoms with Gasteiger partial charge in [0, 0.05) is 11.8 Å². The van der Waals surface area contributed by atoms with Gasteiger partial charge in [0.1, 0.15) is 11.6 Å². The van der Waals surface area contributed by atoms with Gasteiger partial charge >= 0.3 is 0 Å². The molecule has 18 heavy (non-hydrogen) atoms. The fourth-order valence-corrected chi connectivity index (χ4v) is 1.86. The van der Waals surface area contributed by atoms with Crippen LogP contribution in [0.4, 0.5) is 4.39 Å². The number of aromatic nitrogens is 2. The van der Waals surface area contributed by atoms with Gasteiger partial charge in [-0.1, -0.05) is 11.6 Å². The highest BCUT2D eigenvalue weighted by molar-refractivity contribution is 6.33. The summed E-state index contributed by atoms with van der Waals surface area (Å²) >= 11 is 6.07. The molecule has 1 aromatic heterocycles. The molecule has 0 saturated carbocycles. The maximum atomic E-state index is 13.5. The summed E-state index contributed by atoms with van der Waals surface area (Å²) in [7, 11) is 0. The summed E-state index contributed by atoms with van der Waals surface area (Å²) in [5.41, 5.74) is 1.50. The minimum absolute atomic E-state index is 0.111. The number of nitriles is 1. The molecule has 0 aliphatic rings. The van der Waals surface area contributed by atoms with Crippen LogP contribution in [-0.2, 0) is 6.42 Å². The molecule has 90 valence electrons. The Labute approximate surface area is 109 Å². The molecule has 0 unspecified atom stereocenters. The molecule has 1 aromatic carbocycles. The van der Waals surface area contributed by atoms with Crippen molar-refractivity contribution in [3.63, 3.8) is 0 Å². The van der Waals surface area contributed by atoms with Gasteiger partial charge in [-0.05, 0) is 30.7 Å². The largest absolute Gasteiger partial charge is 0.240 e. The molecule has 0 radical (unpaired) electrons. The molecule has 3 nitrogen and oxygen atoms in total. The number of benzene rings is 1. The third-order valence-corrected chi connectivity index (χ3v) is 2.78. The number of hydrogen-bond acceptors (Lipinski definition) is 3. The lowest BCUT2D eigenvalue weighted by atomic mass is 10.1. The van der Waals surface area contributed by atoms with Crippen LogP contribution in [-0.4, -0.2) is 9.97 Å². The van der Waals surface area contributed by atoms with E-state index in [0.717, 1.165) is 0 Å². The molecular formula is C13H9ClFN3. The van der Waals surface area contributed by atoms with E-state index >= 15 is 0 Å². The van der Waals surface area contributed by atoms with Crippen molar-refractivity contribution in [2.45, 2.75) is 13.3 Å². The first-order valence-electron chi connectivity index (χ1n) is 5.26. The average molecular weight is 262 g/mol. The maximum absolute atomic E-state index is 13.5. The standard InChI is InChI=1S/C13H9ClFN3/c1-8-6-10(14)9(7-11(8)15)12-3-5-17-13(18-12)2-4-16/h3,5-7H,2H2,1H3. The normalized spacial score (nSPS) is 10.1. The number of halogens is 2. The fraction of sp³-hybridized carbons (Fsp3) is 0.154. The Bertz CT molecular complexity index is 635. The second-order valence-corrected chi connectivity index (χ2v) is 4.18. The summed E-state index contributed by atoms with van der Waals surface area (Å²) < 4.78 is 13.5. The van der Waals surface area contributed by atoms with Crippen molar-refractivity contribution < 1.29 is 4.39 Å². The van der Waals surface area contributed by atoms with Gasteiger partial charge in [0.15, 0.2) is 0 Å². The lowest BCUT2D eigenvalue weighted by molar-refractivity contribution is 0.619. The SMILES string of the molecule is Cc1cc(Cl)c(-c2ccnc(CC#N)n2)cc1F. The smallest absolute Gasteiger partial charge is 0.142 e. The third kappa shape index (κ3) is 2.47. The third-order valence-electron chi connectivity index (χ3n) is 2.47. The number of nitrogens with zero attached hydrogens (tertiary/aromatic N) is 3. The lowest BCUT2D eigenvalue weighted by Gasteiger charge is -2.06. The van der Waals surface area contributed by atoms with Crippen molar-refractivity contribution in [2.24, 2.45) is 0 Å². The molecule has 2 aromatic rings. The molecule has 0 spiro atoms. The van der Waals surface area contributed by atoms with E-state index in [1.165, 1.54) is 12.3 Å². The van der Waals surface area contributed by atoms with E-state index in [1.54, 1.807) is 19.1 Å². The van der Waals surface area contributed by atoms with E-state index in [0.29, 0.717) is 27.7 Å². The second kappa shape index (κ2) is 5.11. The van der Waals surface area contributed by atoms with Crippen LogP contribution < -0.4 is 0 Å². The molecule has 1 heterocycles. The van der Waals surface area contributed by atoms with Crippen LogP contribution in [0.1, 0.15) is 11.4 Å². The predicted octanol–water partition coefficient (Wildman–Crippen LogP) is 3.31. The first-order valence-corrected chi connectivity index (χ1v) is 5.64. The average Bonchev–Trinajstić information content (AvgIpc) is 2.34. The monoisotopic (exact) mass is 261 g/mol. The van der Waals surface area contributed by atoms with Crippen molar-refractivity contribution in [1.29, 1.82) is 5.26 Å². The molecule has 0 aliphatic carbocycles. The zero-order valence-corrected chi connectivity index (χ0v) is 10.4. The van der Waals surface area contributed by atoms with E-state index < -0.39 is 0 Å². The van der Waals surface area contributed by atoms with Crippen molar-refractivity contribution in [3.05, 3.63) is 46.6 Å². The Morgan fingerprint density at radius 3 is 2.94 bits per heavy atom. The molecule has 0 atom stereocenters. The molecule has 5 heteroatoms. The molecular weight excluding hydrogens is 253 g/mol. The minimum atomic E-state index is -0.338. The van der Waals surface area contributed by atoms with Gasteiger partial charge < -0.3 is 0 Å². The summed E-state index contributed by atoms with van der Waals surface area (Å²) in [5, 5.41) is 9.03. The van der Waals surface area contributed by atoms with Gasteiger partial charge in [-0.15, -0.1) is 0 Å². The minimum Gasteiger partial charge on any atom is -0.240 e. The molecule has 0 aliphatic heterocycles. The first-order chi connectivity index (χ1) is 8.61. The summed E-state index contributed by atoms with van der Waals surface area (Å²) in [5.74, 6) is 0.0573. The van der Waals surface area contributed by atoms with Crippen LogP contribution in [0, 0.1) is 24.1 Å². The summed E-state index contributed by atoms with van der Waals surface area (Å²) in [6.07, 6.45) is 1.64. The van der Waals surface area contributed by atoms with E-state index in [1.807, 2.05) is 6.07 Å². The van der Waals surface area contributed by atoms with Crippen LogP contribution in [0.15, 0.2) is 24.4 Å². The Hall–Kier alpha value is -1.99. The van der Waals surface area contributed by atoms with E-state index in [2.05, 4.69) is 9.97 Å². The Balaban J connectivity index is 2.52. The molecule has 0 N–H and O–H groups in total. The number of rotatable bonds is 2. The summed E-state index contributed by atoms with van der Waals surface area (Å²) in [4.78, 5) is 8.13. The van der Waals surface area contributed by atoms with E-state index in [4.69, 9.17) is 16.9 Å². The van der Waals surface area contributed by atoms with Gasteiger partial charge in [0.2, 0.25) is 0 Å². The molecule has 0 fully saturated rings. The Morgan fingerprint density at radius 2 is 2.22 bits per heavy atom. The van der Waals surface area contributed by atoms with E-state index in [-0.39, 0.29) is 12.2 Å². The second-order valence-electron chi connectivity index (χ2n) is 3.77. The quantitative estimate of drug-likeness (QED) is 0.833. The van der Waals surface area contributed by atoms with Crippen molar-refractivity contribution in [1.82, 2.24) is 9.97 Å². The van der Waals surface area contributed by atoms with Crippen LogP contribution in [0.25, 0.3) is 11.3 Å². The predicted molar refractivity (Wildman–Crippen MR) is 66.5 cm³/mol. The highest BCUT2D eigenvalue weighted by Gasteiger charge is 2.10. The molecule has 0 amide bonds. The van der Waals surface area contributed by atoms with Gasteiger partial charge in [-0.3, -0.25) is 0 Å². The first kappa shape index (κ1) is 12.5. The Morgan fingerprint density at radius 1 is 1.44 bits per heavy atom. The topological polar surface area (TPSA) is 49.6 Å². The lowest BCUT2D eigenvalue weighted by Crippen LogP contribution is -1.96. The van der Waals surface area contributed by atoms with Gasteiger partial charge in [-0.25, -0.2) is 14.4 Å². The van der Waals surface area contributed by atoms with E-state index in [9.17, 15) is 4.39 Å². The zero-order chi connectivity index (χ0) is 13.1. The zero-order valence-electron chi connectivity index (χ0n) is 9.61. The van der Waals surface area contributed by atoms with Gasteiger partial charge in [0.25, 0.3) is 0 Å². The maximum Gasteiger partial charge on any atom is 0.142 e. The van der Waals surface area contributed by atoms with Gasteiger partial charge in [0.05, 0.1) is 23.2 Å². The van der Waals surface area contributed by atoms with Crippen molar-refractivity contribution in [2.75, 3.05) is 0 Å². The van der Waals surface area contributed by atoms with Crippen LogP contribution in [0.5, 0.6) is 0 Å². The number of hydrogen-bond donors (Lipinski definition) is 0. The summed E-state index contributed by atoms with van der Waals surface area (Å²) in [6.45, 7) is 1.64. The summed E-state index contributed by atoms with van der Waals surface area (Å²) in [6, 6.07) is 6.50. The highest BCUT2D eigenvalue weighted by Crippen LogP contribution is 2.28. The van der Waals surface area contributed by atoms with Crippen molar-refractivity contribution in [3.8, 4) is 17.3 Å². The van der Waals surface area contributed by atoms with Gasteiger partial charge in [-0.2, -0.15) is 5.26 Å². The molecule has 0 saturated heterocycles. The van der Waals surface area contributed by atoms with Crippen LogP contribution in [0.2, 0.25) is 5.02 Å². The van der Waals surface area contributed by atoms with Crippen molar-refractivity contribution >= 4 is 11.6 Å². The number of aryl methyl sites for hydroxylation is 1.